The third kappa shape index (κ3) is 4.90. The second-order valence-electron chi connectivity index (χ2n) is 6.42. The number of hydrogen-bond acceptors (Lipinski definition) is 0. The summed E-state index contributed by atoms with van der Waals surface area (Å²) in [7, 11) is 1.86. The lowest BCUT2D eigenvalue weighted by atomic mass is 9.73. The number of benzene rings is 3. The SMILES string of the molecule is C[B]c1ccc(C#Cc2ccc(C#Cc3ccc(C)cc3C)cc2)c(F)c1. The fraction of sp³-hybridized carbons (Fsp3) is 0.120. The van der Waals surface area contributed by atoms with E-state index in [1.54, 1.807) is 6.07 Å². The highest BCUT2D eigenvalue weighted by Gasteiger charge is 2.00. The van der Waals surface area contributed by atoms with Crippen molar-refractivity contribution < 1.29 is 4.39 Å². The Kier molecular flexibility index (Phi) is 5.80. The van der Waals surface area contributed by atoms with Crippen LogP contribution in [0.15, 0.2) is 60.7 Å². The first kappa shape index (κ1) is 18.6. The maximum atomic E-state index is 14.0. The van der Waals surface area contributed by atoms with E-state index in [2.05, 4.69) is 49.7 Å². The van der Waals surface area contributed by atoms with Crippen molar-refractivity contribution in [2.24, 2.45) is 0 Å². The van der Waals surface area contributed by atoms with E-state index in [0.717, 1.165) is 22.2 Å². The van der Waals surface area contributed by atoms with Crippen LogP contribution >= 0.6 is 0 Å². The van der Waals surface area contributed by atoms with Crippen molar-refractivity contribution in [3.05, 3.63) is 99.9 Å². The molecule has 0 aliphatic heterocycles. The topological polar surface area (TPSA) is 0 Å². The van der Waals surface area contributed by atoms with Crippen molar-refractivity contribution in [3.63, 3.8) is 0 Å². The molecule has 0 saturated carbocycles. The highest BCUT2D eigenvalue weighted by molar-refractivity contribution is 6.51. The van der Waals surface area contributed by atoms with Gasteiger partial charge < -0.3 is 0 Å². The van der Waals surface area contributed by atoms with Gasteiger partial charge in [0, 0.05) is 16.7 Å². The van der Waals surface area contributed by atoms with Crippen molar-refractivity contribution in [2.75, 3.05) is 0 Å². The predicted molar refractivity (Wildman–Crippen MR) is 112 cm³/mol. The van der Waals surface area contributed by atoms with Crippen LogP contribution < -0.4 is 5.46 Å². The van der Waals surface area contributed by atoms with E-state index < -0.39 is 0 Å². The molecule has 0 aromatic heterocycles. The third-order valence-electron chi connectivity index (χ3n) is 4.28. The molecule has 0 aliphatic rings. The Bertz CT molecular complexity index is 1090. The summed E-state index contributed by atoms with van der Waals surface area (Å²) in [5, 5.41) is 0. The van der Waals surface area contributed by atoms with Gasteiger partial charge in [0.25, 0.3) is 0 Å². The Morgan fingerprint density at radius 3 is 1.85 bits per heavy atom. The Morgan fingerprint density at radius 2 is 1.30 bits per heavy atom. The largest absolute Gasteiger partial charge is 0.206 e. The molecule has 0 saturated heterocycles. The molecule has 1 radical (unpaired) electrons. The molecular weight excluding hydrogens is 330 g/mol. The van der Waals surface area contributed by atoms with Crippen molar-refractivity contribution in [2.45, 2.75) is 20.7 Å². The lowest BCUT2D eigenvalue weighted by Gasteiger charge is -1.99. The van der Waals surface area contributed by atoms with Crippen LogP contribution in [0.5, 0.6) is 0 Å². The molecule has 0 unspecified atom stereocenters. The first-order valence-corrected chi connectivity index (χ1v) is 8.85. The van der Waals surface area contributed by atoms with Gasteiger partial charge in [-0.05, 0) is 61.9 Å². The number of hydrogen-bond donors (Lipinski definition) is 0. The zero-order chi connectivity index (χ0) is 19.2. The summed E-state index contributed by atoms with van der Waals surface area (Å²) in [6, 6.07) is 19.0. The summed E-state index contributed by atoms with van der Waals surface area (Å²) < 4.78 is 14.0. The first-order chi connectivity index (χ1) is 13.0. The van der Waals surface area contributed by atoms with Gasteiger partial charge in [-0.15, -0.1) is 0 Å². The third-order valence-corrected chi connectivity index (χ3v) is 4.28. The summed E-state index contributed by atoms with van der Waals surface area (Å²) >= 11 is 0. The predicted octanol–water partition coefficient (Wildman–Crippen LogP) is 4.62. The van der Waals surface area contributed by atoms with Gasteiger partial charge in [-0.2, -0.15) is 0 Å². The molecule has 3 aromatic carbocycles. The minimum Gasteiger partial charge on any atom is -0.206 e. The van der Waals surface area contributed by atoms with Gasteiger partial charge >= 0.3 is 0 Å². The van der Waals surface area contributed by atoms with Gasteiger partial charge in [0.2, 0.25) is 0 Å². The minimum absolute atomic E-state index is 0.297. The standard InChI is InChI=1S/C25H19BF/c1-18-4-11-22(19(2)16-18)12-9-20-5-7-21(8-6-20)10-13-23-14-15-24(26-3)17-25(23)27/h4-8,11,14-17H,1-3H3. The molecule has 0 fully saturated rings. The number of rotatable bonds is 1. The van der Waals surface area contributed by atoms with E-state index in [4.69, 9.17) is 0 Å². The first-order valence-electron chi connectivity index (χ1n) is 8.85. The van der Waals surface area contributed by atoms with Crippen LogP contribution in [0.2, 0.25) is 6.82 Å². The maximum Gasteiger partial charge on any atom is 0.148 e. The molecule has 3 rings (SSSR count). The molecule has 27 heavy (non-hydrogen) atoms. The van der Waals surface area contributed by atoms with E-state index >= 15 is 0 Å². The molecule has 0 bridgehead atoms. The summed E-state index contributed by atoms with van der Waals surface area (Å²) in [6.45, 7) is 6.02. The van der Waals surface area contributed by atoms with Crippen molar-refractivity contribution in [1.29, 1.82) is 0 Å². The summed E-state index contributed by atoms with van der Waals surface area (Å²) in [6.07, 6.45) is 0. The average Bonchev–Trinajstić information content (AvgIpc) is 2.67. The monoisotopic (exact) mass is 349 g/mol. The van der Waals surface area contributed by atoms with Crippen LogP contribution in [0.1, 0.15) is 33.4 Å². The molecular formula is C25H19BF. The van der Waals surface area contributed by atoms with E-state index in [0.29, 0.717) is 5.56 Å². The van der Waals surface area contributed by atoms with Gasteiger partial charge in [0.1, 0.15) is 13.1 Å². The van der Waals surface area contributed by atoms with E-state index in [1.165, 1.54) is 17.2 Å². The fourth-order valence-corrected chi connectivity index (χ4v) is 2.68. The second-order valence-corrected chi connectivity index (χ2v) is 6.42. The molecule has 3 aromatic rings. The lowest BCUT2D eigenvalue weighted by Crippen LogP contribution is -2.10. The minimum atomic E-state index is -0.297. The van der Waals surface area contributed by atoms with Crippen LogP contribution in [-0.4, -0.2) is 7.28 Å². The molecule has 0 nitrogen and oxygen atoms in total. The van der Waals surface area contributed by atoms with Gasteiger partial charge in [-0.3, -0.25) is 0 Å². The van der Waals surface area contributed by atoms with Crippen LogP contribution in [-0.2, 0) is 0 Å². The molecule has 0 atom stereocenters. The molecule has 0 amide bonds. The number of aryl methyl sites for hydroxylation is 2. The van der Waals surface area contributed by atoms with Gasteiger partial charge in [-0.1, -0.05) is 59.7 Å². The Labute approximate surface area is 161 Å². The van der Waals surface area contributed by atoms with Gasteiger partial charge in [0.15, 0.2) is 0 Å². The van der Waals surface area contributed by atoms with Crippen molar-refractivity contribution in [1.82, 2.24) is 0 Å². The quantitative estimate of drug-likeness (QED) is 0.444. The number of halogens is 1. The Morgan fingerprint density at radius 1 is 0.704 bits per heavy atom. The second kappa shape index (κ2) is 8.44. The molecule has 0 spiro atoms. The zero-order valence-corrected chi connectivity index (χ0v) is 15.7. The lowest BCUT2D eigenvalue weighted by molar-refractivity contribution is 0.625. The Balaban J connectivity index is 1.76. The van der Waals surface area contributed by atoms with Crippen LogP contribution in [0, 0.1) is 43.3 Å². The highest BCUT2D eigenvalue weighted by Crippen LogP contribution is 2.10. The highest BCUT2D eigenvalue weighted by atomic mass is 19.1. The molecule has 0 heterocycles. The van der Waals surface area contributed by atoms with Crippen LogP contribution in [0.25, 0.3) is 0 Å². The van der Waals surface area contributed by atoms with E-state index in [-0.39, 0.29) is 5.82 Å². The van der Waals surface area contributed by atoms with Crippen molar-refractivity contribution in [3.8, 4) is 23.7 Å². The summed E-state index contributed by atoms with van der Waals surface area (Å²) in [5.41, 5.74) is 6.46. The van der Waals surface area contributed by atoms with Crippen molar-refractivity contribution >= 4 is 12.7 Å². The summed E-state index contributed by atoms with van der Waals surface area (Å²) in [4.78, 5) is 0. The molecule has 129 valence electrons. The fourth-order valence-electron chi connectivity index (χ4n) is 2.68. The zero-order valence-electron chi connectivity index (χ0n) is 15.7. The Hall–Kier alpha value is -3.23. The molecule has 0 N–H and O–H groups in total. The van der Waals surface area contributed by atoms with Gasteiger partial charge in [0.05, 0.1) is 5.56 Å². The van der Waals surface area contributed by atoms with Crippen LogP contribution in [0.3, 0.4) is 0 Å². The van der Waals surface area contributed by atoms with Crippen LogP contribution in [0.4, 0.5) is 4.39 Å². The van der Waals surface area contributed by atoms with Gasteiger partial charge in [-0.25, -0.2) is 4.39 Å². The maximum absolute atomic E-state index is 14.0. The average molecular weight is 349 g/mol. The molecule has 2 heteroatoms. The van der Waals surface area contributed by atoms with E-state index in [1.807, 2.05) is 50.5 Å². The molecule has 0 aliphatic carbocycles. The smallest absolute Gasteiger partial charge is 0.148 e. The van der Waals surface area contributed by atoms with E-state index in [9.17, 15) is 4.39 Å². The summed E-state index contributed by atoms with van der Waals surface area (Å²) in [5.74, 6) is 12.0. The normalized spacial score (nSPS) is 9.63.